The van der Waals surface area contributed by atoms with Gasteiger partial charge < -0.3 is 10.2 Å². The predicted molar refractivity (Wildman–Crippen MR) is 63.4 cm³/mol. The lowest BCUT2D eigenvalue weighted by molar-refractivity contribution is -0.141. The quantitative estimate of drug-likeness (QED) is 0.727. The predicted octanol–water partition coefficient (Wildman–Crippen LogP) is 0.597. The number of carboxylic acids is 1. The van der Waals surface area contributed by atoms with Gasteiger partial charge in [-0.2, -0.15) is 0 Å². The number of carboxylic acid groups (broad SMARTS) is 1. The van der Waals surface area contributed by atoms with E-state index in [0.717, 1.165) is 5.56 Å². The maximum absolute atomic E-state index is 10.8. The molecule has 1 heterocycles. The smallest absolute Gasteiger partial charge is 0.307 e. The van der Waals surface area contributed by atoms with E-state index in [1.165, 1.54) is 0 Å². The topological polar surface area (TPSA) is 73.7 Å². The SMILES string of the molecule is CC(CN(CCO)Cc1cccnc1)C(=O)O. The second kappa shape index (κ2) is 6.98. The van der Waals surface area contributed by atoms with Crippen LogP contribution in [-0.2, 0) is 11.3 Å². The van der Waals surface area contributed by atoms with Crippen LogP contribution in [0.4, 0.5) is 0 Å². The number of hydrogen-bond donors (Lipinski definition) is 2. The Morgan fingerprint density at radius 1 is 1.59 bits per heavy atom. The molecule has 94 valence electrons. The first-order valence-electron chi connectivity index (χ1n) is 5.58. The number of aliphatic hydroxyl groups is 1. The van der Waals surface area contributed by atoms with Crippen molar-refractivity contribution in [3.8, 4) is 0 Å². The zero-order chi connectivity index (χ0) is 12.7. The van der Waals surface area contributed by atoms with Crippen molar-refractivity contribution in [3.05, 3.63) is 30.1 Å². The Kier molecular flexibility index (Phi) is 5.59. The summed E-state index contributed by atoms with van der Waals surface area (Å²) in [5.74, 6) is -1.27. The number of aromatic nitrogens is 1. The molecule has 0 aliphatic rings. The summed E-state index contributed by atoms with van der Waals surface area (Å²) in [6, 6.07) is 3.77. The number of carbonyl (C=O) groups is 1. The summed E-state index contributed by atoms with van der Waals surface area (Å²) in [5, 5.41) is 17.8. The highest BCUT2D eigenvalue weighted by Crippen LogP contribution is 2.06. The summed E-state index contributed by atoms with van der Waals surface area (Å²) in [7, 11) is 0. The molecule has 1 atom stereocenters. The molecule has 0 saturated carbocycles. The van der Waals surface area contributed by atoms with Crippen LogP contribution in [0.15, 0.2) is 24.5 Å². The Bertz CT molecular complexity index is 343. The van der Waals surface area contributed by atoms with Crippen molar-refractivity contribution < 1.29 is 15.0 Å². The van der Waals surface area contributed by atoms with Gasteiger partial charge in [-0.1, -0.05) is 13.0 Å². The Morgan fingerprint density at radius 3 is 2.88 bits per heavy atom. The Labute approximate surface area is 101 Å². The van der Waals surface area contributed by atoms with Crippen molar-refractivity contribution >= 4 is 5.97 Å². The lowest BCUT2D eigenvalue weighted by Gasteiger charge is -2.23. The van der Waals surface area contributed by atoms with Gasteiger partial charge in [-0.3, -0.25) is 14.7 Å². The number of nitrogens with zero attached hydrogens (tertiary/aromatic N) is 2. The summed E-state index contributed by atoms with van der Waals surface area (Å²) in [4.78, 5) is 16.7. The van der Waals surface area contributed by atoms with Crippen molar-refractivity contribution in [1.29, 1.82) is 0 Å². The first-order chi connectivity index (χ1) is 8.13. The third-order valence-electron chi connectivity index (χ3n) is 2.50. The van der Waals surface area contributed by atoms with E-state index in [-0.39, 0.29) is 6.61 Å². The lowest BCUT2D eigenvalue weighted by atomic mass is 10.1. The van der Waals surface area contributed by atoms with E-state index in [0.29, 0.717) is 19.6 Å². The molecule has 17 heavy (non-hydrogen) atoms. The standard InChI is InChI=1S/C12H18N2O3/c1-10(12(16)17)8-14(5-6-15)9-11-3-2-4-13-7-11/h2-4,7,10,15H,5-6,8-9H2,1H3,(H,16,17). The summed E-state index contributed by atoms with van der Waals surface area (Å²) in [6.07, 6.45) is 3.44. The highest BCUT2D eigenvalue weighted by atomic mass is 16.4. The average molecular weight is 238 g/mol. The minimum absolute atomic E-state index is 0.0204. The molecule has 1 rings (SSSR count). The number of aliphatic hydroxyl groups excluding tert-OH is 1. The van der Waals surface area contributed by atoms with Crippen LogP contribution in [0.3, 0.4) is 0 Å². The first kappa shape index (κ1) is 13.6. The lowest BCUT2D eigenvalue weighted by Crippen LogP contribution is -2.33. The van der Waals surface area contributed by atoms with Gasteiger partial charge >= 0.3 is 5.97 Å². The molecule has 2 N–H and O–H groups in total. The van der Waals surface area contributed by atoms with Gasteiger partial charge in [-0.15, -0.1) is 0 Å². The molecule has 5 nitrogen and oxygen atoms in total. The zero-order valence-electron chi connectivity index (χ0n) is 9.91. The summed E-state index contributed by atoms with van der Waals surface area (Å²) in [6.45, 7) is 3.17. The van der Waals surface area contributed by atoms with Crippen LogP contribution in [0.1, 0.15) is 12.5 Å². The van der Waals surface area contributed by atoms with Crippen molar-refractivity contribution in [1.82, 2.24) is 9.88 Å². The maximum atomic E-state index is 10.8. The minimum atomic E-state index is -0.820. The van der Waals surface area contributed by atoms with E-state index >= 15 is 0 Å². The number of hydrogen-bond acceptors (Lipinski definition) is 4. The van der Waals surface area contributed by atoms with Gasteiger partial charge in [0.15, 0.2) is 0 Å². The van der Waals surface area contributed by atoms with Crippen molar-refractivity contribution in [2.24, 2.45) is 5.92 Å². The van der Waals surface area contributed by atoms with Crippen LogP contribution in [0.25, 0.3) is 0 Å². The van der Waals surface area contributed by atoms with Crippen LogP contribution in [0, 0.1) is 5.92 Å². The minimum Gasteiger partial charge on any atom is -0.481 e. The second-order valence-electron chi connectivity index (χ2n) is 4.06. The highest BCUT2D eigenvalue weighted by molar-refractivity contribution is 5.69. The molecule has 0 aromatic carbocycles. The van der Waals surface area contributed by atoms with Gasteiger partial charge in [0, 0.05) is 32.0 Å². The molecule has 1 aromatic rings. The van der Waals surface area contributed by atoms with E-state index in [2.05, 4.69) is 4.98 Å². The Morgan fingerprint density at radius 2 is 2.35 bits per heavy atom. The summed E-state index contributed by atoms with van der Waals surface area (Å²) >= 11 is 0. The molecular formula is C12H18N2O3. The van der Waals surface area contributed by atoms with Crippen LogP contribution >= 0.6 is 0 Å². The fourth-order valence-electron chi connectivity index (χ4n) is 1.59. The van der Waals surface area contributed by atoms with Gasteiger partial charge in [-0.25, -0.2) is 0 Å². The fraction of sp³-hybridized carbons (Fsp3) is 0.500. The largest absolute Gasteiger partial charge is 0.481 e. The van der Waals surface area contributed by atoms with Crippen molar-refractivity contribution in [2.45, 2.75) is 13.5 Å². The Balaban J connectivity index is 2.57. The van der Waals surface area contributed by atoms with Gasteiger partial charge in [0.2, 0.25) is 0 Å². The van der Waals surface area contributed by atoms with E-state index in [1.807, 2.05) is 17.0 Å². The normalized spacial score (nSPS) is 12.6. The third-order valence-corrected chi connectivity index (χ3v) is 2.50. The zero-order valence-corrected chi connectivity index (χ0v) is 9.91. The van der Waals surface area contributed by atoms with Crippen molar-refractivity contribution in [2.75, 3.05) is 19.7 Å². The third kappa shape index (κ3) is 4.93. The molecule has 1 aromatic heterocycles. The summed E-state index contributed by atoms with van der Waals surface area (Å²) < 4.78 is 0. The van der Waals surface area contributed by atoms with Gasteiger partial charge in [-0.05, 0) is 11.6 Å². The summed E-state index contributed by atoms with van der Waals surface area (Å²) in [5.41, 5.74) is 1.01. The highest BCUT2D eigenvalue weighted by Gasteiger charge is 2.15. The van der Waals surface area contributed by atoms with E-state index in [1.54, 1.807) is 19.3 Å². The second-order valence-corrected chi connectivity index (χ2v) is 4.06. The molecule has 0 fully saturated rings. The maximum Gasteiger partial charge on any atom is 0.307 e. The first-order valence-corrected chi connectivity index (χ1v) is 5.58. The molecule has 1 unspecified atom stereocenters. The van der Waals surface area contributed by atoms with Gasteiger partial charge in [0.1, 0.15) is 0 Å². The molecule has 0 radical (unpaired) electrons. The van der Waals surface area contributed by atoms with Gasteiger partial charge in [0.25, 0.3) is 0 Å². The fourth-order valence-corrected chi connectivity index (χ4v) is 1.59. The molecule has 0 amide bonds. The molecule has 0 spiro atoms. The number of aliphatic carboxylic acids is 1. The van der Waals surface area contributed by atoms with Gasteiger partial charge in [0.05, 0.1) is 12.5 Å². The van der Waals surface area contributed by atoms with Crippen LogP contribution < -0.4 is 0 Å². The molecule has 0 bridgehead atoms. The van der Waals surface area contributed by atoms with Crippen LogP contribution in [0.2, 0.25) is 0 Å². The molecule has 0 saturated heterocycles. The van der Waals surface area contributed by atoms with E-state index in [9.17, 15) is 4.79 Å². The van der Waals surface area contributed by atoms with Crippen molar-refractivity contribution in [3.63, 3.8) is 0 Å². The Hall–Kier alpha value is -1.46. The molecule has 0 aliphatic carbocycles. The number of rotatable bonds is 7. The molecule has 0 aliphatic heterocycles. The van der Waals surface area contributed by atoms with Crippen LogP contribution in [-0.4, -0.2) is 45.8 Å². The monoisotopic (exact) mass is 238 g/mol. The number of pyridine rings is 1. The molecular weight excluding hydrogens is 220 g/mol. The van der Waals surface area contributed by atoms with E-state index < -0.39 is 11.9 Å². The molecule has 5 heteroatoms. The van der Waals surface area contributed by atoms with E-state index in [4.69, 9.17) is 10.2 Å². The average Bonchev–Trinajstić information content (AvgIpc) is 2.30. The van der Waals surface area contributed by atoms with Crippen LogP contribution in [0.5, 0.6) is 0 Å².